The normalized spacial score (nSPS) is 22.8. The van der Waals surface area contributed by atoms with Gasteiger partial charge in [-0.1, -0.05) is 159 Å². The lowest BCUT2D eigenvalue weighted by molar-refractivity contribution is -0.175. The van der Waals surface area contributed by atoms with E-state index >= 15 is 0 Å². The molecule has 0 radical (unpaired) electrons. The van der Waals surface area contributed by atoms with Crippen molar-refractivity contribution in [2.45, 2.75) is 230 Å². The van der Waals surface area contributed by atoms with Gasteiger partial charge in [0.15, 0.2) is 58.7 Å². The average Bonchev–Trinajstić information content (AvgIpc) is 1.48. The molecule has 1 aliphatic heterocycles. The fourth-order valence-electron chi connectivity index (χ4n) is 23.3. The smallest absolute Gasteiger partial charge is 0.356 e. The van der Waals surface area contributed by atoms with E-state index in [1.54, 1.807) is 7.11 Å². The molecule has 9 saturated carbocycles. The molecule has 126 heavy (non-hydrogen) atoms. The first-order valence-electron chi connectivity index (χ1n) is 45.2. The van der Waals surface area contributed by atoms with Gasteiger partial charge in [-0.25, -0.2) is 4.79 Å². The highest BCUT2D eigenvalue weighted by Crippen LogP contribution is 2.64. The number of ether oxygens (including phenoxy) is 5. The Balaban J connectivity index is 0.000000120. The number of carbonyl (C=O) groups is 4. The molecule has 10 fully saturated rings. The Labute approximate surface area is 758 Å². The molecule has 10 aliphatic rings. The molecule has 0 aromatic heterocycles. The van der Waals surface area contributed by atoms with E-state index in [9.17, 15) is 19.2 Å². The number of fused-ring (bicyclic) bond motifs is 2. The highest BCUT2D eigenvalue weighted by Gasteiger charge is 2.71. The van der Waals surface area contributed by atoms with E-state index in [1.165, 1.54) is 128 Å². The van der Waals surface area contributed by atoms with Gasteiger partial charge in [0.2, 0.25) is 5.60 Å². The van der Waals surface area contributed by atoms with Crippen molar-refractivity contribution in [3.05, 3.63) is 336 Å². The zero-order valence-electron chi connectivity index (χ0n) is 74.7. The molecule has 1 heterocycles. The van der Waals surface area contributed by atoms with Crippen LogP contribution in [0.2, 0.25) is 0 Å². The molecule has 644 valence electrons. The van der Waals surface area contributed by atoms with E-state index in [2.05, 4.69) is 321 Å². The van der Waals surface area contributed by atoms with Crippen LogP contribution in [0.4, 0.5) is 0 Å². The summed E-state index contributed by atoms with van der Waals surface area (Å²) in [4.78, 5) is 67.9. The molecule has 0 amide bonds. The summed E-state index contributed by atoms with van der Waals surface area (Å²) in [6, 6.07) is 103. The van der Waals surface area contributed by atoms with E-state index in [4.69, 9.17) is 23.7 Å². The number of benzene rings is 12. The highest BCUT2D eigenvalue weighted by atomic mass is 32.2. The summed E-state index contributed by atoms with van der Waals surface area (Å²) in [5.41, 5.74) is 6.55. The SMILES string of the molecule is COc1c(C)cc([S+](c2ccccc2)c2ccccc2)cc1C.Cc1cc([S+](c2ccccc2)c2ccccc2)cc(C)c1OC(=O)C12CC3CC(CC(C3)C1)C2.Cc1cc([S+](c2ccccc2)c2ccccc2)cc(C)c1OC(=O)C12CCC(C(=O)O1)C2(C)C.Cc1cc([S+](c2ccccc2)c2ccccc2)cc(C)c1OC(=O)CC12CC3CC(CC(C3)C1)C2. The lowest BCUT2D eigenvalue weighted by atomic mass is 9.49. The van der Waals surface area contributed by atoms with Crippen LogP contribution in [0.15, 0.2) is 350 Å². The Morgan fingerprint density at radius 1 is 0.325 bits per heavy atom. The third-order valence-corrected chi connectivity index (χ3v) is 36.8. The molecule has 9 aliphatic carbocycles. The molecule has 10 bridgehead atoms. The zero-order valence-corrected chi connectivity index (χ0v) is 77.9. The average molecular weight is 1750 g/mol. The quantitative estimate of drug-likeness (QED) is 0.0418. The Morgan fingerprint density at radius 2 is 0.563 bits per heavy atom. The Morgan fingerprint density at radius 3 is 0.802 bits per heavy atom. The van der Waals surface area contributed by atoms with Gasteiger partial charge < -0.3 is 23.7 Å². The van der Waals surface area contributed by atoms with Crippen molar-refractivity contribution in [2.75, 3.05) is 7.11 Å². The molecule has 12 aromatic carbocycles. The molecule has 0 N–H and O–H groups in total. The van der Waals surface area contributed by atoms with Gasteiger partial charge >= 0.3 is 23.9 Å². The molecule has 12 aromatic rings. The number of methoxy groups -OCH3 is 1. The molecule has 22 rings (SSSR count). The van der Waals surface area contributed by atoms with Gasteiger partial charge in [-0.15, -0.1) is 0 Å². The molecular formula is C113H118O9S4+4. The summed E-state index contributed by atoms with van der Waals surface area (Å²) in [7, 11) is 0.938. The van der Waals surface area contributed by atoms with Crippen molar-refractivity contribution in [3.63, 3.8) is 0 Å². The second-order valence-corrected chi connectivity index (χ2v) is 45.7. The van der Waals surface area contributed by atoms with Crippen molar-refractivity contribution in [1.29, 1.82) is 0 Å². The lowest BCUT2D eigenvalue weighted by Crippen LogP contribution is -2.51. The summed E-state index contributed by atoms with van der Waals surface area (Å²) < 4.78 is 29.6. The summed E-state index contributed by atoms with van der Waals surface area (Å²) in [6.45, 7) is 20.4. The van der Waals surface area contributed by atoms with Crippen molar-refractivity contribution in [1.82, 2.24) is 0 Å². The number of hydrogen-bond acceptors (Lipinski definition) is 9. The van der Waals surface area contributed by atoms with Gasteiger partial charge in [0.05, 0.1) is 68.4 Å². The number of hydrogen-bond donors (Lipinski definition) is 0. The van der Waals surface area contributed by atoms with E-state index in [1.807, 2.05) is 39.8 Å². The van der Waals surface area contributed by atoms with Crippen LogP contribution in [0.1, 0.15) is 155 Å². The summed E-state index contributed by atoms with van der Waals surface area (Å²) in [5, 5.41) is 0. The predicted molar refractivity (Wildman–Crippen MR) is 508 cm³/mol. The largest absolute Gasteiger partial charge is 0.496 e. The summed E-state index contributed by atoms with van der Waals surface area (Å²) >= 11 is 0. The summed E-state index contributed by atoms with van der Waals surface area (Å²) in [5.74, 6) is 6.85. The van der Waals surface area contributed by atoms with E-state index in [0.717, 1.165) is 105 Å². The van der Waals surface area contributed by atoms with E-state index < -0.39 is 17.0 Å². The van der Waals surface area contributed by atoms with Gasteiger partial charge in [-0.05, 0) is 328 Å². The minimum absolute atomic E-state index is 0.0315. The van der Waals surface area contributed by atoms with Crippen LogP contribution in [0.3, 0.4) is 0 Å². The predicted octanol–water partition coefficient (Wildman–Crippen LogP) is 26.9. The molecule has 13 heteroatoms. The first kappa shape index (κ1) is 87.8. The molecule has 2 unspecified atom stereocenters. The minimum atomic E-state index is -1.20. The van der Waals surface area contributed by atoms with E-state index in [0.29, 0.717) is 25.0 Å². The molecule has 2 atom stereocenters. The van der Waals surface area contributed by atoms with Gasteiger partial charge in [0.1, 0.15) is 23.0 Å². The number of carbonyl (C=O) groups excluding carboxylic acids is 4. The minimum Gasteiger partial charge on any atom is -0.496 e. The zero-order chi connectivity index (χ0) is 87.6. The highest BCUT2D eigenvalue weighted by molar-refractivity contribution is 7.98. The number of aryl methyl sites for hydroxylation is 8. The second kappa shape index (κ2) is 37.6. The Hall–Kier alpha value is -10.3. The van der Waals surface area contributed by atoms with Crippen molar-refractivity contribution < 1.29 is 42.9 Å². The Bertz CT molecular complexity index is 5570. The number of rotatable bonds is 20. The van der Waals surface area contributed by atoms with Crippen molar-refractivity contribution in [3.8, 4) is 23.0 Å². The maximum atomic E-state index is 13.6. The third-order valence-electron chi connectivity index (χ3n) is 28.1. The maximum Gasteiger partial charge on any atom is 0.356 e. The monoisotopic (exact) mass is 1750 g/mol. The fraction of sp³-hybridized carbons (Fsp3) is 0.327. The van der Waals surface area contributed by atoms with Crippen LogP contribution in [-0.2, 0) is 67.5 Å². The summed E-state index contributed by atoms with van der Waals surface area (Å²) in [6.07, 6.45) is 16.8. The molecule has 0 spiro atoms. The van der Waals surface area contributed by atoms with Crippen LogP contribution in [0, 0.1) is 113 Å². The van der Waals surface area contributed by atoms with Gasteiger partial charge in [-0.2, -0.15) is 0 Å². The van der Waals surface area contributed by atoms with Crippen LogP contribution < -0.4 is 18.9 Å². The van der Waals surface area contributed by atoms with Gasteiger partial charge in [0, 0.05) is 53.9 Å². The van der Waals surface area contributed by atoms with Crippen molar-refractivity contribution in [2.24, 2.45) is 57.7 Å². The second-order valence-electron chi connectivity index (χ2n) is 37.6. The molecule has 1 saturated heterocycles. The Kier molecular flexibility index (Phi) is 26.2. The maximum absolute atomic E-state index is 13.6. The van der Waals surface area contributed by atoms with Gasteiger partial charge in [0.25, 0.3) is 0 Å². The van der Waals surface area contributed by atoms with E-state index in [-0.39, 0.29) is 78.2 Å². The van der Waals surface area contributed by atoms with Crippen LogP contribution in [0.25, 0.3) is 0 Å². The lowest BCUT2D eigenvalue weighted by Gasteiger charge is -2.56. The molecule has 9 nitrogen and oxygen atoms in total. The van der Waals surface area contributed by atoms with Crippen LogP contribution in [-0.4, -0.2) is 36.6 Å². The van der Waals surface area contributed by atoms with Crippen molar-refractivity contribution >= 4 is 67.5 Å². The first-order chi connectivity index (χ1) is 60.9. The topological polar surface area (TPSA) is 114 Å². The third kappa shape index (κ3) is 18.3. The fourth-order valence-corrected chi connectivity index (χ4v) is 32.3. The van der Waals surface area contributed by atoms with Crippen LogP contribution >= 0.6 is 0 Å². The van der Waals surface area contributed by atoms with Crippen LogP contribution in [0.5, 0.6) is 23.0 Å². The number of esters is 4. The van der Waals surface area contributed by atoms with Gasteiger partial charge in [-0.3, -0.25) is 14.4 Å². The molecular weight excluding hydrogens is 1630 g/mol. The standard InChI is InChI=1S/C32H35O2S.C31H33O2S.C29H29O4S.C21H21OS/c1-22-13-29(35(27-9-5-3-6-10-27)28-11-7-4-8-12-28)14-23(2)31(22)34-30(33)21-32-18-24-15-25(19-32)17-26(16-24)20-32;1-21-13-28(34(26-9-5-3-6-10-26)27-11-7-4-8-12-27)14-22(2)29(21)33-30(32)31-18-23-15-24(19-31)17-25(16-23)20-31;1-19-17-23(34(21-11-7-5-8-12-21)22-13-9-6-10-14-22)18-20(2)25(19)32-27(31)29-16-15-24(26(30)33-29)28(29,3)4;1-16-14-20(15-17(2)21(16)22-3)23(18-10-6-4-7-11-18)19-12-8-5-9-13-19/h3-14,24-26H,15-21H2,1-2H3;3-14,23-25H,15-20H2,1-2H3;5-14,17-18,24H,15-16H2,1-4H3;4-15H,1-3H3/q4*+1. The first-order valence-corrected chi connectivity index (χ1v) is 50.1.